The smallest absolute Gasteiger partial charge is 0.328 e. The van der Waals surface area contributed by atoms with E-state index < -0.39 is 6.03 Å². The second kappa shape index (κ2) is 7.94. The van der Waals surface area contributed by atoms with E-state index >= 15 is 0 Å². The minimum Gasteiger partial charge on any atom is -0.487 e. The van der Waals surface area contributed by atoms with Gasteiger partial charge >= 0.3 is 6.03 Å². The summed E-state index contributed by atoms with van der Waals surface area (Å²) >= 11 is 10.4. The number of imide groups is 1. The Kier molecular flexibility index (Phi) is 5.84. The Morgan fingerprint density at radius 1 is 1.08 bits per heavy atom. The van der Waals surface area contributed by atoms with Crippen molar-refractivity contribution in [2.45, 2.75) is 6.61 Å². The van der Waals surface area contributed by atoms with Crippen LogP contribution < -0.4 is 10.1 Å². The number of amides is 3. The van der Waals surface area contributed by atoms with Crippen molar-refractivity contribution in [1.29, 1.82) is 0 Å². The van der Waals surface area contributed by atoms with Crippen molar-refractivity contribution in [1.82, 2.24) is 10.2 Å². The fraction of sp³-hybridized carbons (Fsp3) is 0.111. The summed E-state index contributed by atoms with van der Waals surface area (Å²) in [5.74, 6) is 0.298. The SMILES string of the molecule is CN1C(=O)N/C(=C/c2cc(Br)c(OCc3ccc(Br)cc3)c(Br)c2)C1=O. The number of halogens is 3. The van der Waals surface area contributed by atoms with E-state index in [2.05, 4.69) is 53.1 Å². The number of nitrogens with one attached hydrogen (secondary N) is 1. The number of ether oxygens (including phenoxy) is 1. The normalized spacial score (nSPS) is 15.5. The Labute approximate surface area is 175 Å². The van der Waals surface area contributed by atoms with Gasteiger partial charge in [0.15, 0.2) is 0 Å². The fourth-order valence-corrected chi connectivity index (χ4v) is 4.04. The van der Waals surface area contributed by atoms with Gasteiger partial charge in [0.05, 0.1) is 8.95 Å². The average molecular weight is 545 g/mol. The van der Waals surface area contributed by atoms with Crippen molar-refractivity contribution in [2.24, 2.45) is 0 Å². The highest BCUT2D eigenvalue weighted by Crippen LogP contribution is 2.36. The lowest BCUT2D eigenvalue weighted by atomic mass is 10.2. The molecule has 0 aromatic heterocycles. The van der Waals surface area contributed by atoms with E-state index in [1.807, 2.05) is 36.4 Å². The van der Waals surface area contributed by atoms with Gasteiger partial charge in [0.25, 0.3) is 5.91 Å². The summed E-state index contributed by atoms with van der Waals surface area (Å²) in [7, 11) is 1.43. The number of carbonyl (C=O) groups excluding carboxylic acids is 2. The molecular weight excluding hydrogens is 532 g/mol. The summed E-state index contributed by atoms with van der Waals surface area (Å²) in [6.45, 7) is 0.421. The Hall–Kier alpha value is -1.64. The molecule has 1 heterocycles. The molecule has 3 amide bonds. The number of benzene rings is 2. The second-order valence-electron chi connectivity index (χ2n) is 5.58. The second-order valence-corrected chi connectivity index (χ2v) is 8.21. The third-order valence-corrected chi connectivity index (χ3v) is 5.42. The van der Waals surface area contributed by atoms with E-state index in [1.54, 1.807) is 6.08 Å². The number of urea groups is 1. The largest absolute Gasteiger partial charge is 0.487 e. The van der Waals surface area contributed by atoms with Crippen LogP contribution >= 0.6 is 47.8 Å². The van der Waals surface area contributed by atoms with Crippen LogP contribution in [-0.4, -0.2) is 23.9 Å². The van der Waals surface area contributed by atoms with Gasteiger partial charge in [-0.1, -0.05) is 28.1 Å². The molecule has 0 bridgehead atoms. The summed E-state index contributed by atoms with van der Waals surface area (Å²) in [5.41, 5.74) is 2.03. The number of carbonyl (C=O) groups is 2. The van der Waals surface area contributed by atoms with Crippen molar-refractivity contribution in [3.05, 3.63) is 66.6 Å². The van der Waals surface area contributed by atoms with Crippen molar-refractivity contribution >= 4 is 65.8 Å². The lowest BCUT2D eigenvalue weighted by molar-refractivity contribution is -0.121. The van der Waals surface area contributed by atoms with Crippen LogP contribution in [0.3, 0.4) is 0 Å². The van der Waals surface area contributed by atoms with Gasteiger partial charge in [-0.25, -0.2) is 4.79 Å². The molecule has 0 spiro atoms. The van der Waals surface area contributed by atoms with E-state index in [4.69, 9.17) is 4.74 Å². The molecule has 134 valence electrons. The van der Waals surface area contributed by atoms with E-state index in [9.17, 15) is 9.59 Å². The average Bonchev–Trinajstić information content (AvgIpc) is 2.83. The van der Waals surface area contributed by atoms with Crippen molar-refractivity contribution < 1.29 is 14.3 Å². The molecule has 2 aromatic carbocycles. The summed E-state index contributed by atoms with van der Waals surface area (Å²) < 4.78 is 8.39. The van der Waals surface area contributed by atoms with Crippen molar-refractivity contribution in [3.63, 3.8) is 0 Å². The number of likely N-dealkylation sites (N-methyl/N-ethyl adjacent to an activating group) is 1. The standard InChI is InChI=1S/C18H13Br3N2O3/c1-23-17(24)15(22-18(23)25)8-11-6-13(20)16(14(21)7-11)26-9-10-2-4-12(19)5-3-10/h2-8H,9H2,1H3,(H,22,25)/b15-8+. The zero-order valence-electron chi connectivity index (χ0n) is 13.6. The lowest BCUT2D eigenvalue weighted by Crippen LogP contribution is -2.25. The summed E-state index contributed by atoms with van der Waals surface area (Å²) in [6, 6.07) is 11.1. The van der Waals surface area contributed by atoms with Crippen LogP contribution in [0.5, 0.6) is 5.75 Å². The van der Waals surface area contributed by atoms with Gasteiger partial charge in [-0.05, 0) is 73.3 Å². The number of hydrogen-bond donors (Lipinski definition) is 1. The molecule has 0 aliphatic carbocycles. The maximum absolute atomic E-state index is 12.0. The van der Waals surface area contributed by atoms with Crippen LogP contribution in [0.15, 0.2) is 55.5 Å². The van der Waals surface area contributed by atoms with Gasteiger partial charge in [-0.2, -0.15) is 0 Å². The first kappa shape index (κ1) is 19.1. The Balaban J connectivity index is 1.79. The minimum atomic E-state index is -0.436. The molecule has 0 saturated carbocycles. The first-order chi connectivity index (χ1) is 12.3. The molecule has 1 fully saturated rings. The molecular formula is C18H13Br3N2O3. The number of hydrogen-bond acceptors (Lipinski definition) is 3. The lowest BCUT2D eigenvalue weighted by Gasteiger charge is -2.12. The van der Waals surface area contributed by atoms with E-state index in [0.717, 1.165) is 29.4 Å². The molecule has 1 aliphatic rings. The molecule has 1 aliphatic heterocycles. The minimum absolute atomic E-state index is 0.236. The number of rotatable bonds is 4. The van der Waals surface area contributed by atoms with E-state index in [-0.39, 0.29) is 11.6 Å². The highest BCUT2D eigenvalue weighted by molar-refractivity contribution is 9.11. The van der Waals surface area contributed by atoms with Crippen LogP contribution in [0.4, 0.5) is 4.79 Å². The Bertz CT molecular complexity index is 887. The maximum Gasteiger partial charge on any atom is 0.328 e. The van der Waals surface area contributed by atoms with Crippen LogP contribution in [0.2, 0.25) is 0 Å². The molecule has 1 saturated heterocycles. The summed E-state index contributed by atoms with van der Waals surface area (Å²) in [6.07, 6.45) is 1.62. The Morgan fingerprint density at radius 3 is 2.23 bits per heavy atom. The summed E-state index contributed by atoms with van der Waals surface area (Å²) in [4.78, 5) is 24.5. The molecule has 26 heavy (non-hydrogen) atoms. The van der Waals surface area contributed by atoms with Crippen LogP contribution in [0.1, 0.15) is 11.1 Å². The van der Waals surface area contributed by atoms with Crippen LogP contribution in [-0.2, 0) is 11.4 Å². The van der Waals surface area contributed by atoms with E-state index in [0.29, 0.717) is 12.4 Å². The fourth-order valence-electron chi connectivity index (χ4n) is 2.33. The van der Waals surface area contributed by atoms with Gasteiger partial charge in [-0.3, -0.25) is 9.69 Å². The van der Waals surface area contributed by atoms with Gasteiger partial charge < -0.3 is 10.1 Å². The highest BCUT2D eigenvalue weighted by Gasteiger charge is 2.30. The summed E-state index contributed by atoms with van der Waals surface area (Å²) in [5, 5.41) is 2.54. The predicted octanol–water partition coefficient (Wildman–Crippen LogP) is 5.08. The molecule has 0 atom stereocenters. The third kappa shape index (κ3) is 4.19. The quantitative estimate of drug-likeness (QED) is 0.432. The van der Waals surface area contributed by atoms with Crippen LogP contribution in [0, 0.1) is 0 Å². The highest BCUT2D eigenvalue weighted by atomic mass is 79.9. The van der Waals surface area contributed by atoms with Gasteiger partial charge in [0, 0.05) is 11.5 Å². The van der Waals surface area contributed by atoms with Gasteiger partial charge in [0.2, 0.25) is 0 Å². The third-order valence-electron chi connectivity index (χ3n) is 3.71. The molecule has 5 nitrogen and oxygen atoms in total. The molecule has 1 N–H and O–H groups in total. The van der Waals surface area contributed by atoms with Crippen molar-refractivity contribution in [2.75, 3.05) is 7.05 Å². The predicted molar refractivity (Wildman–Crippen MR) is 110 cm³/mol. The van der Waals surface area contributed by atoms with Crippen molar-refractivity contribution in [3.8, 4) is 5.75 Å². The van der Waals surface area contributed by atoms with Gasteiger partial charge in [-0.15, -0.1) is 0 Å². The molecule has 0 unspecified atom stereocenters. The zero-order chi connectivity index (χ0) is 18.8. The topological polar surface area (TPSA) is 58.6 Å². The number of nitrogens with zero attached hydrogens (tertiary/aromatic N) is 1. The first-order valence-electron chi connectivity index (χ1n) is 7.52. The molecule has 2 aromatic rings. The maximum atomic E-state index is 12.0. The van der Waals surface area contributed by atoms with Gasteiger partial charge in [0.1, 0.15) is 18.1 Å². The van der Waals surface area contributed by atoms with E-state index in [1.165, 1.54) is 7.05 Å². The molecule has 3 rings (SSSR count). The zero-order valence-corrected chi connectivity index (χ0v) is 18.3. The first-order valence-corrected chi connectivity index (χ1v) is 9.90. The van der Waals surface area contributed by atoms with Crippen LogP contribution in [0.25, 0.3) is 6.08 Å². The molecule has 0 radical (unpaired) electrons. The Morgan fingerprint density at radius 2 is 1.69 bits per heavy atom. The molecule has 8 heteroatoms. The monoisotopic (exact) mass is 542 g/mol.